The summed E-state index contributed by atoms with van der Waals surface area (Å²) in [4.78, 5) is 30.3. The van der Waals surface area contributed by atoms with E-state index in [2.05, 4.69) is 32.1 Å². The minimum Gasteiger partial charge on any atom is -0.398 e. The van der Waals surface area contributed by atoms with Crippen molar-refractivity contribution in [3.05, 3.63) is 59.9 Å². The molecule has 4 rings (SSSR count). The van der Waals surface area contributed by atoms with Crippen molar-refractivity contribution >= 4 is 69.0 Å². The van der Waals surface area contributed by atoms with Gasteiger partial charge in [-0.2, -0.15) is 0 Å². The van der Waals surface area contributed by atoms with Crippen LogP contribution in [0.25, 0.3) is 21.8 Å². The van der Waals surface area contributed by atoms with Crippen LogP contribution in [0.5, 0.6) is 0 Å². The number of nitrogens with zero attached hydrogens (tertiary/aromatic N) is 2. The smallest absolute Gasteiger partial charge is 0.323 e. The number of halogens is 1. The number of fused-ring (bicyclic) bond motifs is 2. The molecule has 0 radical (unpaired) electrons. The van der Waals surface area contributed by atoms with Crippen LogP contribution < -0.4 is 33.6 Å². The summed E-state index contributed by atoms with van der Waals surface area (Å²) in [5, 5.41) is 7.22. The van der Waals surface area contributed by atoms with Gasteiger partial charge in [-0.1, -0.05) is 0 Å². The lowest BCUT2D eigenvalue weighted by atomic mass is 10.1. The van der Waals surface area contributed by atoms with Crippen LogP contribution in [-0.2, 0) is 0 Å². The van der Waals surface area contributed by atoms with E-state index in [1.165, 1.54) is 0 Å². The van der Waals surface area contributed by atoms with Gasteiger partial charge in [-0.25, -0.2) is 9.59 Å². The molecule has 4 amide bonds. The van der Waals surface area contributed by atoms with Gasteiger partial charge in [0.05, 0.1) is 11.0 Å². The second-order valence-corrected chi connectivity index (χ2v) is 7.15. The molecule has 33 heavy (non-hydrogen) atoms. The molecule has 0 spiro atoms. The summed E-state index contributed by atoms with van der Waals surface area (Å²) >= 11 is 0. The molecule has 10 nitrogen and oxygen atoms in total. The molecule has 4 aromatic rings. The van der Waals surface area contributed by atoms with Gasteiger partial charge < -0.3 is 33.6 Å². The maximum atomic E-state index is 12.4. The van der Waals surface area contributed by atoms with Crippen molar-refractivity contribution in [2.75, 3.05) is 22.1 Å². The Morgan fingerprint density at radius 3 is 1.45 bits per heavy atom. The number of primary amides is 2. The summed E-state index contributed by atoms with van der Waals surface area (Å²) < 4.78 is 0. The second-order valence-electron chi connectivity index (χ2n) is 7.15. The molecule has 0 aliphatic rings. The first-order valence-electron chi connectivity index (χ1n) is 9.59. The van der Waals surface area contributed by atoms with Gasteiger partial charge in [-0.3, -0.25) is 9.97 Å². The van der Waals surface area contributed by atoms with E-state index in [4.69, 9.17) is 16.3 Å². The van der Waals surface area contributed by atoms with Crippen LogP contribution >= 0.6 is 12.4 Å². The number of aromatic nitrogens is 2. The van der Waals surface area contributed by atoms with E-state index in [1.54, 1.807) is 24.3 Å². The van der Waals surface area contributed by atoms with Gasteiger partial charge in [0.15, 0.2) is 0 Å². The first kappa shape index (κ1) is 25.0. The molecule has 0 saturated carbocycles. The number of benzene rings is 2. The largest absolute Gasteiger partial charge is 0.398 e. The van der Waals surface area contributed by atoms with E-state index in [1.807, 2.05) is 38.1 Å². The van der Waals surface area contributed by atoms with Crippen LogP contribution in [-0.4, -0.2) is 22.0 Å². The number of hydrogen-bond donors (Lipinski definition) is 6. The molecular formula is C22H25ClN8O2. The van der Waals surface area contributed by atoms with Gasteiger partial charge >= 0.3 is 12.1 Å². The van der Waals surface area contributed by atoms with Crippen molar-refractivity contribution < 1.29 is 9.59 Å². The average molecular weight is 469 g/mol. The van der Waals surface area contributed by atoms with Crippen molar-refractivity contribution in [2.45, 2.75) is 13.8 Å². The van der Waals surface area contributed by atoms with Gasteiger partial charge in [0.25, 0.3) is 0 Å². The Kier molecular flexibility index (Phi) is 7.81. The number of carbonyl (C=O) groups excluding carboxylic acids is 2. The first-order chi connectivity index (χ1) is 15.1. The fourth-order valence-electron chi connectivity index (χ4n) is 3.23. The van der Waals surface area contributed by atoms with Crippen LogP contribution in [0.15, 0.2) is 48.5 Å². The monoisotopic (exact) mass is 468 g/mol. The van der Waals surface area contributed by atoms with Gasteiger partial charge in [0, 0.05) is 44.9 Å². The van der Waals surface area contributed by atoms with E-state index in [0.29, 0.717) is 22.7 Å². The number of carbonyl (C=O) groups is 2. The first-order valence-corrected chi connectivity index (χ1v) is 9.59. The summed E-state index contributed by atoms with van der Waals surface area (Å²) in [5.74, 6) is 0. The maximum absolute atomic E-state index is 12.4. The number of amides is 4. The highest BCUT2D eigenvalue weighted by Gasteiger charge is 2.08. The average Bonchev–Trinajstić information content (AvgIpc) is 2.68. The lowest BCUT2D eigenvalue weighted by Crippen LogP contribution is -2.19. The number of nitrogens with two attached hydrogens (primary N) is 4. The topological polar surface area (TPSA) is 188 Å². The molecule has 0 aliphatic heterocycles. The normalized spacial score (nSPS) is 10.0. The number of anilines is 4. The summed E-state index contributed by atoms with van der Waals surface area (Å²) in [6, 6.07) is 13.3. The molecule has 0 aliphatic carbocycles. The van der Waals surface area contributed by atoms with E-state index >= 15 is 0 Å². The van der Waals surface area contributed by atoms with Crippen molar-refractivity contribution in [1.82, 2.24) is 9.97 Å². The van der Waals surface area contributed by atoms with Crippen molar-refractivity contribution in [1.29, 1.82) is 0 Å². The molecule has 0 unspecified atom stereocenters. The zero-order valence-corrected chi connectivity index (χ0v) is 18.9. The Morgan fingerprint density at radius 1 is 0.727 bits per heavy atom. The molecule has 2 heterocycles. The predicted molar refractivity (Wildman–Crippen MR) is 135 cm³/mol. The Bertz CT molecular complexity index is 1240. The number of hydrogen-bond acceptors (Lipinski definition) is 6. The highest BCUT2D eigenvalue weighted by Crippen LogP contribution is 2.26. The zero-order valence-electron chi connectivity index (χ0n) is 18.0. The Morgan fingerprint density at radius 2 is 1.09 bits per heavy atom. The van der Waals surface area contributed by atoms with Crippen LogP contribution in [0.3, 0.4) is 0 Å². The quantitative estimate of drug-likeness (QED) is 0.260. The zero-order chi connectivity index (χ0) is 23.4. The number of nitrogens with one attached hydrogen (secondary N) is 2. The predicted octanol–water partition coefficient (Wildman–Crippen LogP) is 3.65. The lowest BCUT2D eigenvalue weighted by molar-refractivity contribution is 0.256. The van der Waals surface area contributed by atoms with E-state index < -0.39 is 6.03 Å². The molecule has 0 atom stereocenters. The molecule has 11 heteroatoms. The summed E-state index contributed by atoms with van der Waals surface area (Å²) in [7, 11) is 0. The molecule has 0 fully saturated rings. The molecule has 2 aromatic carbocycles. The number of nitrogen functional groups attached to an aromatic ring is 2. The van der Waals surface area contributed by atoms with Crippen LogP contribution in [0.4, 0.5) is 32.3 Å². The molecule has 10 N–H and O–H groups in total. The van der Waals surface area contributed by atoms with Gasteiger partial charge in [0.1, 0.15) is 0 Å². The lowest BCUT2D eigenvalue weighted by Gasteiger charge is -2.11. The van der Waals surface area contributed by atoms with Crippen LogP contribution in [0, 0.1) is 13.8 Å². The number of pyridine rings is 2. The van der Waals surface area contributed by atoms with E-state index in [0.717, 1.165) is 33.2 Å². The molecule has 172 valence electrons. The molecule has 0 saturated heterocycles. The highest BCUT2D eigenvalue weighted by molar-refractivity contribution is 6.03. The Labute approximate surface area is 196 Å². The Hall–Kier alpha value is -4.31. The third kappa shape index (κ3) is 6.34. The summed E-state index contributed by atoms with van der Waals surface area (Å²) in [5.41, 5.74) is 26.4. The SMILES string of the molecule is Cc1cc(N)c2cc(NC(=O)Nc3ccc4nc(C)cc(N)c4c3)ccc2n1.Cl.NC(N)=O. The van der Waals surface area contributed by atoms with E-state index in [-0.39, 0.29) is 18.4 Å². The van der Waals surface area contributed by atoms with Crippen LogP contribution in [0.2, 0.25) is 0 Å². The van der Waals surface area contributed by atoms with Crippen molar-refractivity contribution in [2.24, 2.45) is 11.5 Å². The third-order valence-electron chi connectivity index (χ3n) is 4.45. The molecule has 2 aromatic heterocycles. The maximum Gasteiger partial charge on any atom is 0.323 e. The van der Waals surface area contributed by atoms with Gasteiger partial charge in [0.2, 0.25) is 0 Å². The van der Waals surface area contributed by atoms with Crippen molar-refractivity contribution in [3.8, 4) is 0 Å². The second kappa shape index (κ2) is 10.3. The minimum atomic E-state index is -0.833. The standard InChI is InChI=1S/C21H20N6O.CH4N2O.ClH/c1-11-7-17(22)15-9-13(3-5-19(15)24-11)26-21(28)27-14-4-6-20-16(10-14)18(23)8-12(2)25-20;2-1(3)4;/h3-10H,1-2H3,(H2,22,24)(H2,23,25)(H2,26,27,28);(H4,2,3,4);1H. The number of rotatable bonds is 2. The summed E-state index contributed by atoms with van der Waals surface area (Å²) in [6.07, 6.45) is 0. The fourth-order valence-corrected chi connectivity index (χ4v) is 3.23. The number of aryl methyl sites for hydroxylation is 2. The van der Waals surface area contributed by atoms with E-state index in [9.17, 15) is 4.79 Å². The minimum absolute atomic E-state index is 0. The molecule has 0 bridgehead atoms. The van der Waals surface area contributed by atoms with Crippen LogP contribution in [0.1, 0.15) is 11.4 Å². The highest BCUT2D eigenvalue weighted by atomic mass is 35.5. The van der Waals surface area contributed by atoms with Gasteiger partial charge in [-0.15, -0.1) is 12.4 Å². The van der Waals surface area contributed by atoms with Crippen molar-refractivity contribution in [3.63, 3.8) is 0 Å². The van der Waals surface area contributed by atoms with Gasteiger partial charge in [-0.05, 0) is 62.4 Å². The molecular weight excluding hydrogens is 444 g/mol. The number of urea groups is 2. The fraction of sp³-hybridized carbons (Fsp3) is 0.0909. The summed E-state index contributed by atoms with van der Waals surface area (Å²) in [6.45, 7) is 3.78. The Balaban J connectivity index is 0.000000714. The third-order valence-corrected chi connectivity index (χ3v) is 4.45.